The Morgan fingerprint density at radius 1 is 1.05 bits per heavy atom. The van der Waals surface area contributed by atoms with Crippen molar-refractivity contribution in [3.63, 3.8) is 0 Å². The third kappa shape index (κ3) is 2.91. The molecule has 2 nitrogen and oxygen atoms in total. The van der Waals surface area contributed by atoms with Crippen molar-refractivity contribution in [1.29, 1.82) is 0 Å². The minimum atomic E-state index is 0. The molecule has 0 atom stereocenters. The minimum Gasteiger partial charge on any atom is -1.00 e. The number of aromatic nitrogens is 2. The number of nitrogens with one attached hydrogen (secondary N) is 1. The molecule has 102 valence electrons. The summed E-state index contributed by atoms with van der Waals surface area (Å²) in [7, 11) is 0. The van der Waals surface area contributed by atoms with Crippen molar-refractivity contribution in [2.24, 2.45) is 0 Å². The van der Waals surface area contributed by atoms with Gasteiger partial charge in [0.05, 0.1) is 0 Å². The van der Waals surface area contributed by atoms with Crippen molar-refractivity contribution in [2.45, 2.75) is 13.5 Å². The zero-order valence-electron chi connectivity index (χ0n) is 11.4. The van der Waals surface area contributed by atoms with Gasteiger partial charge in [0.1, 0.15) is 6.54 Å². The molecule has 1 aromatic carbocycles. The van der Waals surface area contributed by atoms with Crippen LogP contribution in [0.3, 0.4) is 0 Å². The number of hydrogen-bond donors (Lipinski definition) is 1. The molecule has 3 heteroatoms. The number of nitrogens with zero attached hydrogens (tertiary/aromatic N) is 1. The summed E-state index contributed by atoms with van der Waals surface area (Å²) in [6, 6.07) is 12.6. The Labute approximate surface area is 125 Å². The monoisotopic (exact) mass is 284 g/mol. The van der Waals surface area contributed by atoms with Crippen LogP contribution >= 0.6 is 0 Å². The number of pyridine rings is 1. The van der Waals surface area contributed by atoms with E-state index in [4.69, 9.17) is 0 Å². The van der Waals surface area contributed by atoms with Gasteiger partial charge < -0.3 is 17.4 Å². The van der Waals surface area contributed by atoms with Crippen LogP contribution in [0.15, 0.2) is 55.0 Å². The van der Waals surface area contributed by atoms with Gasteiger partial charge in [-0.3, -0.25) is 0 Å². The fraction of sp³-hybridized carbons (Fsp3) is 0.118. The molecule has 1 N–H and O–H groups in total. The van der Waals surface area contributed by atoms with E-state index in [1.165, 1.54) is 22.0 Å². The molecule has 0 saturated carbocycles. The first-order valence-corrected chi connectivity index (χ1v) is 6.60. The van der Waals surface area contributed by atoms with Crippen LogP contribution in [0.2, 0.25) is 0 Å². The molecule has 3 rings (SSSR count). The van der Waals surface area contributed by atoms with Gasteiger partial charge in [0.2, 0.25) is 0 Å². The van der Waals surface area contributed by atoms with Gasteiger partial charge in [-0.1, -0.05) is 30.4 Å². The number of benzene rings is 1. The number of halogens is 1. The molecule has 0 saturated heterocycles. The summed E-state index contributed by atoms with van der Waals surface area (Å²) in [5, 5.41) is 1.26. The molecular weight excluding hydrogens is 268 g/mol. The highest BCUT2D eigenvalue weighted by atomic mass is 35.5. The van der Waals surface area contributed by atoms with E-state index >= 15 is 0 Å². The van der Waals surface area contributed by atoms with Crippen molar-refractivity contribution in [1.82, 2.24) is 4.98 Å². The zero-order chi connectivity index (χ0) is 13.1. The van der Waals surface area contributed by atoms with Gasteiger partial charge in [0.25, 0.3) is 0 Å². The van der Waals surface area contributed by atoms with Crippen molar-refractivity contribution >= 4 is 23.1 Å². The maximum Gasteiger partial charge on any atom is 0.169 e. The highest BCUT2D eigenvalue weighted by Gasteiger charge is 1.99. The van der Waals surface area contributed by atoms with E-state index in [0.29, 0.717) is 0 Å². The number of fused-ring (bicyclic) bond motifs is 1. The molecule has 20 heavy (non-hydrogen) atoms. The van der Waals surface area contributed by atoms with Gasteiger partial charge in [-0.25, -0.2) is 4.57 Å². The van der Waals surface area contributed by atoms with E-state index in [-0.39, 0.29) is 12.4 Å². The lowest BCUT2D eigenvalue weighted by Gasteiger charge is -1.94. The first kappa shape index (κ1) is 14.4. The lowest BCUT2D eigenvalue weighted by Crippen LogP contribution is -3.00. The van der Waals surface area contributed by atoms with Crippen molar-refractivity contribution in [3.05, 3.63) is 66.1 Å². The zero-order valence-corrected chi connectivity index (χ0v) is 12.1. The molecule has 0 radical (unpaired) electrons. The second kappa shape index (κ2) is 6.40. The fourth-order valence-corrected chi connectivity index (χ4v) is 2.21. The van der Waals surface area contributed by atoms with Gasteiger partial charge in [-0.05, 0) is 24.1 Å². The van der Waals surface area contributed by atoms with E-state index in [9.17, 15) is 0 Å². The Morgan fingerprint density at radius 3 is 2.55 bits per heavy atom. The predicted octanol–water partition coefficient (Wildman–Crippen LogP) is 0.650. The summed E-state index contributed by atoms with van der Waals surface area (Å²) in [6.07, 6.45) is 10.6. The van der Waals surface area contributed by atoms with Gasteiger partial charge in [0.15, 0.2) is 12.4 Å². The van der Waals surface area contributed by atoms with Crippen LogP contribution in [0.1, 0.15) is 18.1 Å². The van der Waals surface area contributed by atoms with Crippen molar-refractivity contribution in [3.8, 4) is 0 Å². The maximum absolute atomic E-state index is 3.29. The Balaban J connectivity index is 0.00000147. The Bertz CT molecular complexity index is 711. The molecule has 2 heterocycles. The Morgan fingerprint density at radius 2 is 1.80 bits per heavy atom. The van der Waals surface area contributed by atoms with E-state index in [0.717, 1.165) is 6.54 Å². The lowest BCUT2D eigenvalue weighted by molar-refractivity contribution is -0.693. The molecule has 2 aromatic heterocycles. The van der Waals surface area contributed by atoms with Crippen LogP contribution < -0.4 is 17.0 Å². The highest BCUT2D eigenvalue weighted by molar-refractivity contribution is 5.91. The van der Waals surface area contributed by atoms with E-state index < -0.39 is 0 Å². The second-order valence-corrected chi connectivity index (χ2v) is 4.58. The van der Waals surface area contributed by atoms with Crippen LogP contribution in [0.25, 0.3) is 23.1 Å². The Kier molecular flexibility index (Phi) is 4.59. The molecule has 0 amide bonds. The first-order chi connectivity index (χ1) is 9.36. The average Bonchev–Trinajstić information content (AvgIpc) is 2.89. The Hall–Kier alpha value is -2.06. The molecule has 0 fully saturated rings. The number of aryl methyl sites for hydroxylation is 1. The smallest absolute Gasteiger partial charge is 0.169 e. The number of hydrogen-bond acceptors (Lipinski definition) is 0. The topological polar surface area (TPSA) is 19.7 Å². The number of H-pyrrole nitrogens is 1. The van der Waals surface area contributed by atoms with Crippen LogP contribution in [-0.2, 0) is 6.54 Å². The van der Waals surface area contributed by atoms with E-state index in [2.05, 4.69) is 77.5 Å². The maximum atomic E-state index is 3.29. The molecule has 0 spiro atoms. The van der Waals surface area contributed by atoms with E-state index in [1.807, 2.05) is 6.07 Å². The molecule has 0 aliphatic carbocycles. The highest BCUT2D eigenvalue weighted by Crippen LogP contribution is 2.19. The van der Waals surface area contributed by atoms with E-state index in [1.54, 1.807) is 0 Å². The molecule has 0 aliphatic rings. The van der Waals surface area contributed by atoms with Gasteiger partial charge in [0, 0.05) is 29.2 Å². The molecule has 0 unspecified atom stereocenters. The number of rotatable bonds is 3. The van der Waals surface area contributed by atoms with Crippen LogP contribution in [0, 0.1) is 0 Å². The first-order valence-electron chi connectivity index (χ1n) is 6.60. The summed E-state index contributed by atoms with van der Waals surface area (Å²) in [6.45, 7) is 3.15. The third-order valence-electron chi connectivity index (χ3n) is 3.36. The summed E-state index contributed by atoms with van der Waals surface area (Å²) < 4.78 is 2.16. The summed E-state index contributed by atoms with van der Waals surface area (Å²) in [4.78, 5) is 3.29. The lowest BCUT2D eigenvalue weighted by atomic mass is 10.1. The largest absolute Gasteiger partial charge is 1.00 e. The normalized spacial score (nSPS) is 10.8. The van der Waals surface area contributed by atoms with Gasteiger partial charge in [-0.2, -0.15) is 0 Å². The standard InChI is InChI=1S/C17H16N2.ClH/c1-2-19-11-9-14(10-12-19)7-8-15-13-18-17-6-4-3-5-16(15)17;/h3-13H,2H2,1H3;1H. The van der Waals surface area contributed by atoms with Gasteiger partial charge >= 0.3 is 0 Å². The number of aromatic amines is 1. The summed E-state index contributed by atoms with van der Waals surface area (Å²) in [5.74, 6) is 0. The van der Waals surface area contributed by atoms with Crippen LogP contribution in [0.5, 0.6) is 0 Å². The number of para-hydroxylation sites is 1. The minimum absolute atomic E-state index is 0. The SMILES string of the molecule is CC[n+]1ccc(/C=C/c2c[nH]c3ccccc23)cc1.[Cl-]. The molecule has 0 bridgehead atoms. The van der Waals surface area contributed by atoms with Crippen LogP contribution in [0.4, 0.5) is 0 Å². The third-order valence-corrected chi connectivity index (χ3v) is 3.36. The van der Waals surface area contributed by atoms with Gasteiger partial charge in [-0.15, -0.1) is 0 Å². The van der Waals surface area contributed by atoms with Crippen molar-refractivity contribution in [2.75, 3.05) is 0 Å². The second-order valence-electron chi connectivity index (χ2n) is 4.58. The van der Waals surface area contributed by atoms with Crippen LogP contribution in [-0.4, -0.2) is 4.98 Å². The fourth-order valence-electron chi connectivity index (χ4n) is 2.21. The average molecular weight is 285 g/mol. The van der Waals surface area contributed by atoms with Crippen molar-refractivity contribution < 1.29 is 17.0 Å². The predicted molar refractivity (Wildman–Crippen MR) is 79.5 cm³/mol. The molecule has 0 aliphatic heterocycles. The molecule has 3 aromatic rings. The summed E-state index contributed by atoms with van der Waals surface area (Å²) >= 11 is 0. The molecular formula is C17H17ClN2. The quantitative estimate of drug-likeness (QED) is 0.682. The summed E-state index contributed by atoms with van der Waals surface area (Å²) in [5.41, 5.74) is 3.62.